The second-order valence-corrected chi connectivity index (χ2v) is 16.6. The minimum atomic E-state index is -0.878. The molecule has 0 spiro atoms. The van der Waals surface area contributed by atoms with Crippen molar-refractivity contribution in [3.63, 3.8) is 0 Å². The van der Waals surface area contributed by atoms with Gasteiger partial charge in [-0.15, -0.1) is 0 Å². The number of rotatable bonds is 41. The van der Waals surface area contributed by atoms with Crippen LogP contribution >= 0.6 is 0 Å². The summed E-state index contributed by atoms with van der Waals surface area (Å²) in [5, 5.41) is 9.62. The van der Waals surface area contributed by atoms with Crippen molar-refractivity contribution in [1.29, 1.82) is 0 Å². The summed E-state index contributed by atoms with van der Waals surface area (Å²) in [4.78, 5) is 37.0. The first kappa shape index (κ1) is 55.0. The average Bonchev–Trinajstić information content (AvgIpc) is 3.18. The largest absolute Gasteiger partial charge is 0.477 e. The predicted octanol–water partition coefficient (Wildman–Crippen LogP) is 13.0. The van der Waals surface area contributed by atoms with Crippen LogP contribution in [0.1, 0.15) is 187 Å². The van der Waals surface area contributed by atoms with Gasteiger partial charge in [-0.05, 0) is 57.8 Å². The summed E-state index contributed by atoms with van der Waals surface area (Å²) in [6.07, 6.45) is 49.7. The Kier molecular flexibility index (Phi) is 38.7. The van der Waals surface area contributed by atoms with Crippen LogP contribution in [0, 0.1) is 0 Å². The molecular formula is C50H88NO7+. The van der Waals surface area contributed by atoms with Gasteiger partial charge < -0.3 is 23.8 Å². The van der Waals surface area contributed by atoms with Crippen molar-refractivity contribution < 1.29 is 38.2 Å². The van der Waals surface area contributed by atoms with Gasteiger partial charge in [0.25, 0.3) is 0 Å². The van der Waals surface area contributed by atoms with Crippen LogP contribution in [-0.2, 0) is 28.6 Å². The number of quaternary nitrogens is 1. The smallest absolute Gasteiger partial charge is 0.362 e. The van der Waals surface area contributed by atoms with E-state index in [0.717, 1.165) is 83.5 Å². The molecule has 0 aliphatic carbocycles. The van der Waals surface area contributed by atoms with Gasteiger partial charge in [-0.25, -0.2) is 4.79 Å². The lowest BCUT2D eigenvalue weighted by Crippen LogP contribution is -2.50. The van der Waals surface area contributed by atoms with Gasteiger partial charge in [-0.1, -0.05) is 171 Å². The highest BCUT2D eigenvalue weighted by atomic mass is 16.6. The van der Waals surface area contributed by atoms with E-state index in [-0.39, 0.29) is 36.2 Å². The van der Waals surface area contributed by atoms with E-state index in [4.69, 9.17) is 14.2 Å². The summed E-state index contributed by atoms with van der Waals surface area (Å²) in [6, 6.07) is -0.617. The van der Waals surface area contributed by atoms with Crippen LogP contribution in [0.5, 0.6) is 0 Å². The predicted molar refractivity (Wildman–Crippen MR) is 243 cm³/mol. The fraction of sp³-hybridized carbons (Fsp3) is 0.740. The molecule has 58 heavy (non-hydrogen) atoms. The van der Waals surface area contributed by atoms with E-state index in [1.165, 1.54) is 70.6 Å². The van der Waals surface area contributed by atoms with Crippen molar-refractivity contribution in [2.24, 2.45) is 0 Å². The van der Waals surface area contributed by atoms with Crippen LogP contribution in [0.25, 0.3) is 0 Å². The third-order valence-corrected chi connectivity index (χ3v) is 10.2. The summed E-state index contributed by atoms with van der Waals surface area (Å²) >= 11 is 0. The minimum absolute atomic E-state index is 0.0561. The summed E-state index contributed by atoms with van der Waals surface area (Å²) in [6.45, 7) is 4.60. The molecule has 0 fully saturated rings. The van der Waals surface area contributed by atoms with E-state index in [1.54, 1.807) is 0 Å². The Labute approximate surface area is 356 Å². The van der Waals surface area contributed by atoms with E-state index in [9.17, 15) is 19.5 Å². The van der Waals surface area contributed by atoms with Gasteiger partial charge in [0.15, 0.2) is 12.1 Å². The number of allylic oxidation sites excluding steroid dienone is 10. The van der Waals surface area contributed by atoms with Gasteiger partial charge in [0.2, 0.25) is 0 Å². The number of esters is 2. The maximum atomic E-state index is 12.7. The number of hydrogen-bond acceptors (Lipinski definition) is 6. The van der Waals surface area contributed by atoms with Crippen LogP contribution < -0.4 is 0 Å². The Hall–Kier alpha value is -2.97. The molecule has 8 nitrogen and oxygen atoms in total. The number of aliphatic carboxylic acids is 1. The monoisotopic (exact) mass is 815 g/mol. The molecule has 8 heteroatoms. The molecule has 0 saturated carbocycles. The molecule has 2 atom stereocenters. The molecule has 0 heterocycles. The molecule has 0 amide bonds. The average molecular weight is 815 g/mol. The van der Waals surface area contributed by atoms with Gasteiger partial charge in [-0.2, -0.15) is 0 Å². The van der Waals surface area contributed by atoms with Crippen molar-refractivity contribution in [2.45, 2.75) is 199 Å². The third kappa shape index (κ3) is 38.5. The number of unbranched alkanes of at least 4 members (excludes halogenated alkanes) is 17. The first-order valence-corrected chi connectivity index (χ1v) is 23.3. The van der Waals surface area contributed by atoms with Crippen molar-refractivity contribution in [1.82, 2.24) is 0 Å². The van der Waals surface area contributed by atoms with Crippen LogP contribution in [0.15, 0.2) is 60.8 Å². The molecule has 2 unspecified atom stereocenters. The Morgan fingerprint density at radius 2 is 0.966 bits per heavy atom. The lowest BCUT2D eigenvalue weighted by Gasteiger charge is -2.31. The zero-order chi connectivity index (χ0) is 42.8. The van der Waals surface area contributed by atoms with Gasteiger partial charge >= 0.3 is 17.9 Å². The highest BCUT2D eigenvalue weighted by molar-refractivity contribution is 5.72. The van der Waals surface area contributed by atoms with Crippen molar-refractivity contribution in [3.8, 4) is 0 Å². The molecule has 0 aromatic heterocycles. The van der Waals surface area contributed by atoms with Crippen molar-refractivity contribution >= 4 is 17.9 Å². The maximum Gasteiger partial charge on any atom is 0.362 e. The lowest BCUT2D eigenvalue weighted by molar-refractivity contribution is -0.887. The van der Waals surface area contributed by atoms with E-state index in [1.807, 2.05) is 21.1 Å². The summed E-state index contributed by atoms with van der Waals surface area (Å²) in [7, 11) is 5.52. The first-order chi connectivity index (χ1) is 28.1. The SMILES string of the molecule is CC/C=C/C/C=C/C/C=C/C/C=C/C/C=C/CCCCCCCCC(=O)OCC(COCCC(C(=O)O)[N+](C)(C)C)OC(=O)CCCCCCCCCCCCCC. The normalized spacial score (nSPS) is 13.5. The molecule has 0 aromatic carbocycles. The van der Waals surface area contributed by atoms with Gasteiger partial charge in [0.1, 0.15) is 6.61 Å². The van der Waals surface area contributed by atoms with Crippen molar-refractivity contribution in [2.75, 3.05) is 41.0 Å². The van der Waals surface area contributed by atoms with Crippen LogP contribution in [0.4, 0.5) is 0 Å². The number of likely N-dealkylation sites (N-methyl/N-ethyl adjacent to an activating group) is 1. The van der Waals surface area contributed by atoms with Gasteiger partial charge in [-0.3, -0.25) is 9.59 Å². The zero-order valence-corrected chi connectivity index (χ0v) is 38.0. The summed E-state index contributed by atoms with van der Waals surface area (Å²) < 4.78 is 17.3. The second kappa shape index (κ2) is 40.8. The molecular weight excluding hydrogens is 727 g/mol. The number of carbonyl (C=O) groups excluding carboxylic acids is 2. The fourth-order valence-corrected chi connectivity index (χ4v) is 6.59. The van der Waals surface area contributed by atoms with Gasteiger partial charge in [0.05, 0.1) is 34.4 Å². The maximum absolute atomic E-state index is 12.7. The topological polar surface area (TPSA) is 99.1 Å². The number of hydrogen-bond donors (Lipinski definition) is 1. The van der Waals surface area contributed by atoms with Crippen molar-refractivity contribution in [3.05, 3.63) is 60.8 Å². The lowest BCUT2D eigenvalue weighted by atomic mass is 10.0. The van der Waals surface area contributed by atoms with Crippen LogP contribution in [0.2, 0.25) is 0 Å². The molecule has 0 bridgehead atoms. The Balaban J connectivity index is 4.29. The van der Waals surface area contributed by atoms with E-state index < -0.39 is 18.1 Å². The van der Waals surface area contributed by atoms with Gasteiger partial charge in [0, 0.05) is 19.3 Å². The number of nitrogens with zero attached hydrogens (tertiary/aromatic N) is 1. The summed E-state index contributed by atoms with van der Waals surface area (Å²) in [5.74, 6) is -1.49. The Morgan fingerprint density at radius 3 is 1.43 bits per heavy atom. The Morgan fingerprint density at radius 1 is 0.534 bits per heavy atom. The molecule has 1 N–H and O–H groups in total. The highest BCUT2D eigenvalue weighted by Gasteiger charge is 2.31. The zero-order valence-electron chi connectivity index (χ0n) is 38.0. The number of carboxylic acids is 1. The third-order valence-electron chi connectivity index (χ3n) is 10.2. The highest BCUT2D eigenvalue weighted by Crippen LogP contribution is 2.14. The standard InChI is InChI=1S/C50H87NO7/c1-6-8-10-12-14-16-18-20-21-22-23-24-25-26-27-28-29-31-32-34-36-38-40-48(52)57-45-46(44-56-43-42-47(50(54)55)51(3,4)5)58-49(53)41-39-37-35-33-30-19-17-15-13-11-9-7-2/h8,10,14,16,20-21,23-24,26-27,46-47H,6-7,9,11-13,15,17-19,22,25,28-45H2,1-5H3/p+1/b10-8+,16-14+,21-20+,24-23+,27-26+. The Bertz CT molecular complexity index is 1130. The number of carbonyl (C=O) groups is 3. The van der Waals surface area contributed by atoms with Crippen LogP contribution in [-0.4, -0.2) is 80.6 Å². The van der Waals surface area contributed by atoms with Crippen LogP contribution in [0.3, 0.4) is 0 Å². The van der Waals surface area contributed by atoms with E-state index in [2.05, 4.69) is 74.6 Å². The number of carboxylic acid groups (broad SMARTS) is 1. The van der Waals surface area contributed by atoms with E-state index in [0.29, 0.717) is 19.3 Å². The first-order valence-electron chi connectivity index (χ1n) is 23.3. The molecule has 334 valence electrons. The molecule has 0 radical (unpaired) electrons. The molecule has 0 aliphatic heterocycles. The molecule has 0 aromatic rings. The second-order valence-electron chi connectivity index (χ2n) is 16.6. The molecule has 0 aliphatic rings. The summed E-state index contributed by atoms with van der Waals surface area (Å²) in [5.41, 5.74) is 0. The number of ether oxygens (including phenoxy) is 3. The fourth-order valence-electron chi connectivity index (χ4n) is 6.59. The molecule has 0 saturated heterocycles. The molecule has 0 rings (SSSR count). The minimum Gasteiger partial charge on any atom is -0.477 e. The van der Waals surface area contributed by atoms with E-state index >= 15 is 0 Å². The quantitative estimate of drug-likeness (QED) is 0.0284.